The topological polar surface area (TPSA) is 112 Å². The fraction of sp³-hybridized carbons (Fsp3) is 0.167. The molecule has 442 valence electrons. The summed E-state index contributed by atoms with van der Waals surface area (Å²) in [6.45, 7) is 0.382. The van der Waals surface area contributed by atoms with Gasteiger partial charge in [0.1, 0.15) is 23.0 Å². The van der Waals surface area contributed by atoms with Crippen LogP contribution in [-0.4, -0.2) is 83.5 Å². The van der Waals surface area contributed by atoms with Crippen molar-refractivity contribution >= 4 is 115 Å². The zero-order valence-electron chi connectivity index (χ0n) is 48.0. The predicted molar refractivity (Wildman–Crippen MR) is 357 cm³/mol. The molecule has 0 radical (unpaired) electrons. The van der Waals surface area contributed by atoms with Crippen molar-refractivity contribution in [1.29, 1.82) is 0 Å². The SMILES string of the molecule is COc1ccc(-c2c3c(c(-c4ccc(OC)cc4)c4c2-c2cccc5cccc-4c25)C(=O)N(CCCCCCN2C(=O)c4c(c(-c5ccc(OC)cc5)c5c(c4-c4ccc(OC)cc4)-c4cccc6cccc-5c46)C2=O)C3=O)cc1.ClC(Cl)Cl.ClC(Cl)Cl. The maximum atomic E-state index is 15.3. The molecule has 0 N–H and O–H groups in total. The quantitative estimate of drug-likeness (QED) is 0.0567. The van der Waals surface area contributed by atoms with Crippen molar-refractivity contribution in [2.75, 3.05) is 41.5 Å². The van der Waals surface area contributed by atoms with E-state index in [0.717, 1.165) is 111 Å². The molecule has 4 amide bonds. The highest BCUT2D eigenvalue weighted by molar-refractivity contribution is 6.63. The Morgan fingerprint density at radius 2 is 0.511 bits per heavy atom. The molecule has 0 aromatic heterocycles. The first-order valence-corrected chi connectivity index (χ1v) is 31.0. The van der Waals surface area contributed by atoms with Crippen LogP contribution in [0.25, 0.3) is 111 Å². The van der Waals surface area contributed by atoms with Gasteiger partial charge in [0.25, 0.3) is 23.6 Å². The van der Waals surface area contributed by atoms with Gasteiger partial charge in [0.05, 0.1) is 50.7 Å². The molecule has 0 saturated carbocycles. The zero-order chi connectivity index (χ0) is 61.7. The molecule has 0 fully saturated rings. The van der Waals surface area contributed by atoms with Gasteiger partial charge < -0.3 is 18.9 Å². The molecule has 0 spiro atoms. The summed E-state index contributed by atoms with van der Waals surface area (Å²) in [5.41, 5.74) is 15.3. The summed E-state index contributed by atoms with van der Waals surface area (Å²) >= 11 is 28.8. The van der Waals surface area contributed by atoms with Gasteiger partial charge in [-0.15, -0.1) is 0 Å². The lowest BCUT2D eigenvalue weighted by Crippen LogP contribution is -2.31. The third-order valence-electron chi connectivity index (χ3n) is 16.8. The number of rotatable bonds is 15. The van der Waals surface area contributed by atoms with E-state index in [1.165, 1.54) is 9.80 Å². The Morgan fingerprint density at radius 3 is 0.716 bits per heavy atom. The van der Waals surface area contributed by atoms with Crippen LogP contribution >= 0.6 is 69.6 Å². The van der Waals surface area contributed by atoms with Crippen molar-refractivity contribution < 1.29 is 38.1 Å². The lowest BCUT2D eigenvalue weighted by Gasteiger charge is -2.20. The summed E-state index contributed by atoms with van der Waals surface area (Å²) in [4.78, 5) is 64.0. The maximum Gasteiger partial charge on any atom is 0.262 e. The molecule has 10 aromatic carbocycles. The van der Waals surface area contributed by atoms with Crippen LogP contribution in [0.1, 0.15) is 67.1 Å². The summed E-state index contributed by atoms with van der Waals surface area (Å²) in [6, 6.07) is 55.9. The molecule has 0 bridgehead atoms. The summed E-state index contributed by atoms with van der Waals surface area (Å²) in [7, 11) is 6.50. The normalized spacial score (nSPS) is 13.0. The van der Waals surface area contributed by atoms with Crippen molar-refractivity contribution in [2.45, 2.75) is 34.3 Å². The fourth-order valence-electron chi connectivity index (χ4n) is 13.2. The minimum atomic E-state index is -0.750. The molecule has 4 aliphatic rings. The number of hydrogen-bond donors (Lipinski definition) is 0. The fourth-order valence-corrected chi connectivity index (χ4v) is 13.2. The first-order chi connectivity index (χ1) is 42.7. The first kappa shape index (κ1) is 60.2. The summed E-state index contributed by atoms with van der Waals surface area (Å²) in [5.74, 6) is 1.36. The molecule has 0 saturated heterocycles. The van der Waals surface area contributed by atoms with Crippen molar-refractivity contribution in [2.24, 2.45) is 0 Å². The lowest BCUT2D eigenvalue weighted by molar-refractivity contribution is 0.0630. The number of alkyl halides is 6. The highest BCUT2D eigenvalue weighted by Gasteiger charge is 2.46. The Kier molecular flexibility index (Phi) is 17.3. The summed E-state index contributed by atoms with van der Waals surface area (Å²) in [6.07, 6.45) is 2.32. The second-order valence-corrected chi connectivity index (χ2v) is 25.2. The molecule has 14 rings (SSSR count). The molecule has 16 heteroatoms. The molecule has 0 atom stereocenters. The third-order valence-corrected chi connectivity index (χ3v) is 16.8. The number of hydrogen-bond acceptors (Lipinski definition) is 8. The molecule has 10 aromatic rings. The van der Waals surface area contributed by atoms with Gasteiger partial charge in [-0.25, -0.2) is 0 Å². The molecule has 2 aliphatic carbocycles. The van der Waals surface area contributed by atoms with Gasteiger partial charge in [0, 0.05) is 35.3 Å². The van der Waals surface area contributed by atoms with Gasteiger partial charge in [-0.05, 0) is 150 Å². The smallest absolute Gasteiger partial charge is 0.262 e. The van der Waals surface area contributed by atoms with Crippen molar-refractivity contribution in [3.05, 3.63) is 192 Å². The Bertz CT molecular complexity index is 3890. The van der Waals surface area contributed by atoms with Crippen LogP contribution in [0.3, 0.4) is 0 Å². The molecule has 2 heterocycles. The Balaban J connectivity index is 0.000000891. The second-order valence-electron chi connectivity index (χ2n) is 21.3. The predicted octanol–water partition coefficient (Wildman–Crippen LogP) is 19.4. The largest absolute Gasteiger partial charge is 0.497 e. The van der Waals surface area contributed by atoms with Crippen LogP contribution in [0, 0.1) is 0 Å². The van der Waals surface area contributed by atoms with E-state index in [0.29, 0.717) is 70.9 Å². The van der Waals surface area contributed by atoms with E-state index < -0.39 is 8.59 Å². The highest BCUT2D eigenvalue weighted by atomic mass is 35.6. The average molecular weight is 1290 g/mol. The number of amides is 4. The molecule has 88 heavy (non-hydrogen) atoms. The zero-order valence-corrected chi connectivity index (χ0v) is 52.5. The number of nitrogens with zero attached hydrogens (tertiary/aromatic N) is 2. The van der Waals surface area contributed by atoms with Crippen molar-refractivity contribution in [3.8, 4) is 112 Å². The molecule has 0 unspecified atom stereocenters. The number of imide groups is 2. The Morgan fingerprint density at radius 1 is 0.295 bits per heavy atom. The molecular weight excluding hydrogens is 1230 g/mol. The number of unbranched alkanes of at least 4 members (excludes halogenated alkanes) is 3. The number of benzene rings is 10. The maximum absolute atomic E-state index is 15.3. The molecular formula is C72H54Cl6N2O8. The number of methoxy groups -OCH3 is 4. The van der Waals surface area contributed by atoms with Crippen molar-refractivity contribution in [3.63, 3.8) is 0 Å². The van der Waals surface area contributed by atoms with E-state index in [1.54, 1.807) is 28.4 Å². The van der Waals surface area contributed by atoms with Crippen LogP contribution < -0.4 is 18.9 Å². The summed E-state index contributed by atoms with van der Waals surface area (Å²) in [5, 5.41) is 4.31. The van der Waals surface area contributed by atoms with Gasteiger partial charge >= 0.3 is 0 Å². The standard InChI is InChI=1S/C70H52N2O8.2CHCl3/c1-77-45-29-21-41(22-30-45)55-59-49-17-9-13-39-14-10-18-50(53(39)49)60(59)56(42-23-31-46(78-2)32-24-42)64-63(55)67(73)71(68(64)74)37-7-5-6-8-38-72-69(75)65-57(43-25-33-47(79-3)34-26-43)61-51-19-11-15-40-16-12-20-52(54(40)51)62(61)58(66(65)70(72)76)44-27-35-48(80-4)36-28-44;2*2-1(3)4/h9-36H,5-8,37-38H2,1-4H3;2*1H. The highest BCUT2D eigenvalue weighted by Crippen LogP contribution is 2.60. The van der Waals surface area contributed by atoms with Gasteiger partial charge in [0.2, 0.25) is 0 Å². The monoisotopic (exact) mass is 1280 g/mol. The van der Waals surface area contributed by atoms with Gasteiger partial charge in [-0.2, -0.15) is 0 Å². The van der Waals surface area contributed by atoms with Crippen LogP contribution in [0.2, 0.25) is 0 Å². The van der Waals surface area contributed by atoms with E-state index in [1.807, 2.05) is 121 Å². The lowest BCUT2D eigenvalue weighted by atomic mass is 9.81. The van der Waals surface area contributed by atoms with Crippen LogP contribution in [0.5, 0.6) is 23.0 Å². The number of carbonyl (C=O) groups is 4. The summed E-state index contributed by atoms with van der Waals surface area (Å²) < 4.78 is 20.8. The minimum absolute atomic E-state index is 0.191. The van der Waals surface area contributed by atoms with E-state index >= 15 is 19.2 Å². The molecule has 10 nitrogen and oxygen atoms in total. The van der Waals surface area contributed by atoms with E-state index in [2.05, 4.69) is 48.5 Å². The van der Waals surface area contributed by atoms with Gasteiger partial charge in [-0.3, -0.25) is 29.0 Å². The number of fused-ring (bicyclic) bond motifs is 8. The third kappa shape index (κ3) is 10.6. The van der Waals surface area contributed by atoms with E-state index in [4.69, 9.17) is 88.6 Å². The Hall–Kier alpha value is -8.06. The number of halogens is 6. The minimum Gasteiger partial charge on any atom is -0.497 e. The number of carbonyl (C=O) groups excluding carboxylic acids is 4. The van der Waals surface area contributed by atoms with Gasteiger partial charge in [-0.1, -0.05) is 204 Å². The average Bonchev–Trinajstić information content (AvgIpc) is 1.54. The second kappa shape index (κ2) is 25.2. The molecule has 2 aliphatic heterocycles. The first-order valence-electron chi connectivity index (χ1n) is 28.4. The van der Waals surface area contributed by atoms with Crippen LogP contribution in [0.15, 0.2) is 170 Å². The van der Waals surface area contributed by atoms with Crippen LogP contribution in [-0.2, 0) is 0 Å². The Labute approximate surface area is 538 Å². The van der Waals surface area contributed by atoms with Gasteiger partial charge in [0.15, 0.2) is 8.59 Å². The van der Waals surface area contributed by atoms with E-state index in [9.17, 15) is 0 Å². The van der Waals surface area contributed by atoms with E-state index in [-0.39, 0.29) is 36.7 Å². The van der Waals surface area contributed by atoms with Crippen LogP contribution in [0.4, 0.5) is 0 Å². The van der Waals surface area contributed by atoms with Crippen molar-refractivity contribution in [1.82, 2.24) is 9.80 Å². The number of ether oxygens (including phenoxy) is 4.